The molecule has 0 amide bonds. The lowest BCUT2D eigenvalue weighted by atomic mass is 9.67. The number of halogens is 2. The average Bonchev–Trinajstić information content (AvgIpc) is 3.53. The fraction of sp³-hybridized carbons (Fsp3) is 0.182. The molecule has 2 saturated carbocycles. The van der Waals surface area contributed by atoms with E-state index in [1.807, 2.05) is 0 Å². The Bertz CT molecular complexity index is 2600. The van der Waals surface area contributed by atoms with Crippen molar-refractivity contribution >= 4 is 49.8 Å². The number of para-hydroxylation sites is 1. The molecule has 1 N–H and O–H groups in total. The first-order chi connectivity index (χ1) is 33.7. The summed E-state index contributed by atoms with van der Waals surface area (Å²) in [5, 5.41) is 13.9. The quantitative estimate of drug-likeness (QED) is 0.0790. The lowest BCUT2D eigenvalue weighted by Crippen LogP contribution is -2.49. The van der Waals surface area contributed by atoms with E-state index in [2.05, 4.69) is 187 Å². The van der Waals surface area contributed by atoms with Gasteiger partial charge in [0.25, 0.3) is 0 Å². The molecule has 2 heterocycles. The first-order valence-corrected chi connectivity index (χ1v) is 26.1. The second kappa shape index (κ2) is 23.7. The molecule has 0 aromatic heterocycles. The molecular formula is C55H48F2O10S3. The number of carbonyl (C=O) groups excluding carboxylic acids is 2. The maximum absolute atomic E-state index is 13.2. The largest absolute Gasteiger partial charge is 0.872 e. The Morgan fingerprint density at radius 2 is 0.929 bits per heavy atom. The maximum atomic E-state index is 13.2. The van der Waals surface area contributed by atoms with Crippen molar-refractivity contribution < 1.29 is 55.8 Å². The molecule has 15 heteroatoms. The Hall–Kier alpha value is -6.78. The van der Waals surface area contributed by atoms with Gasteiger partial charge in [-0.15, -0.1) is 0 Å². The van der Waals surface area contributed by atoms with E-state index in [1.54, 1.807) is 0 Å². The molecular weight excluding hydrogens is 955 g/mol. The summed E-state index contributed by atoms with van der Waals surface area (Å²) in [4.78, 5) is 41.6. The Morgan fingerprint density at radius 1 is 0.571 bits per heavy atom. The van der Waals surface area contributed by atoms with Crippen molar-refractivity contribution in [1.29, 1.82) is 0 Å². The van der Waals surface area contributed by atoms with Gasteiger partial charge in [-0.3, -0.25) is 4.79 Å². The average molecular weight is 1000 g/mol. The zero-order valence-electron chi connectivity index (χ0n) is 37.4. The normalized spacial score (nSPS) is 18.9. The lowest BCUT2D eigenvalue weighted by molar-refractivity contribution is -0.268. The molecule has 7 aromatic carbocycles. The Labute approximate surface area is 411 Å². The van der Waals surface area contributed by atoms with E-state index in [-0.39, 0.29) is 45.1 Å². The number of carboxylic acids is 1. The highest BCUT2D eigenvalue weighted by atomic mass is 32.2. The number of carbonyl (C=O) groups is 3. The van der Waals surface area contributed by atoms with Gasteiger partial charge in [0.15, 0.2) is 39.5 Å². The summed E-state index contributed by atoms with van der Waals surface area (Å²) in [5.41, 5.74) is -0.178. The molecule has 11 rings (SSSR count). The van der Waals surface area contributed by atoms with Crippen LogP contribution in [0, 0.1) is 17.8 Å². The predicted octanol–water partition coefficient (Wildman–Crippen LogP) is 10.4. The minimum atomic E-state index is -6.16. The zero-order chi connectivity index (χ0) is 49.7. The molecule has 10 nitrogen and oxygen atoms in total. The van der Waals surface area contributed by atoms with Crippen LogP contribution in [0.4, 0.5) is 8.78 Å². The molecule has 7 aromatic rings. The van der Waals surface area contributed by atoms with E-state index in [9.17, 15) is 41.2 Å². The minimum Gasteiger partial charge on any atom is -0.872 e. The number of ether oxygens (including phenoxy) is 2. The van der Waals surface area contributed by atoms with Gasteiger partial charge in [-0.05, 0) is 110 Å². The van der Waals surface area contributed by atoms with Crippen LogP contribution in [0.1, 0.15) is 36.0 Å². The van der Waals surface area contributed by atoms with Crippen molar-refractivity contribution in [1.82, 2.24) is 0 Å². The Morgan fingerprint density at radius 3 is 1.26 bits per heavy atom. The third kappa shape index (κ3) is 12.9. The van der Waals surface area contributed by atoms with Gasteiger partial charge in [0.1, 0.15) is 12.2 Å². The predicted molar refractivity (Wildman–Crippen MR) is 259 cm³/mol. The monoisotopic (exact) mass is 1000 g/mol. The molecule has 70 heavy (non-hydrogen) atoms. The zero-order valence-corrected chi connectivity index (χ0v) is 39.9. The van der Waals surface area contributed by atoms with Gasteiger partial charge in [0.2, 0.25) is 0 Å². The Kier molecular flexibility index (Phi) is 17.3. The second-order valence-electron chi connectivity index (χ2n) is 16.4. The van der Waals surface area contributed by atoms with Crippen LogP contribution in [0.15, 0.2) is 236 Å². The van der Waals surface area contributed by atoms with Gasteiger partial charge >= 0.3 is 23.2 Å². The lowest BCUT2D eigenvalue weighted by Gasteiger charge is -2.41. The van der Waals surface area contributed by atoms with Crippen LogP contribution in [0.5, 0.6) is 5.75 Å². The molecule has 2 aliphatic carbocycles. The molecule has 4 aliphatic rings. The highest BCUT2D eigenvalue weighted by Gasteiger charge is 2.55. The number of aromatic carboxylic acids is 1. The second-order valence-corrected chi connectivity index (χ2v) is 21.8. The fourth-order valence-electron chi connectivity index (χ4n) is 8.53. The van der Waals surface area contributed by atoms with Crippen molar-refractivity contribution in [2.75, 3.05) is 0 Å². The van der Waals surface area contributed by atoms with Crippen LogP contribution < -0.4 is 5.11 Å². The number of hydrogen-bond acceptors (Lipinski definition) is 9. The molecule has 2 aliphatic heterocycles. The molecule has 0 radical (unpaired) electrons. The fourth-order valence-corrected chi connectivity index (χ4v) is 13.0. The standard InChI is InChI=1S/2C18H15S.C12H14F2O7S.C7H6O3/c2*1-4-10-16(11-5-1)19(17-12-6-2-7-13-17)18-14-8-3-9-15-18;13-12(14,22(17,18)19)11(16)21-9-6-1-5-2-7(4-6)10(15)20-8(9)3-5;8-6-4-2-1-3-5(6)7(9)10/h2*1-15H;5-9H,1-4H2,(H,17,18,19);1-4,8H,(H,9,10)/q2*+1;;/p-2. The third-order valence-electron chi connectivity index (χ3n) is 11.6. The van der Waals surface area contributed by atoms with E-state index >= 15 is 0 Å². The Balaban J connectivity index is 0.000000142. The number of alkyl halides is 2. The summed E-state index contributed by atoms with van der Waals surface area (Å²) in [5.74, 6) is -4.97. The van der Waals surface area contributed by atoms with E-state index < -0.39 is 51.2 Å². The van der Waals surface area contributed by atoms with E-state index in [1.165, 1.54) is 53.6 Å². The van der Waals surface area contributed by atoms with Crippen LogP contribution in [0.3, 0.4) is 0 Å². The topological polar surface area (TPSA) is 170 Å². The smallest absolute Gasteiger partial charge is 0.428 e. The van der Waals surface area contributed by atoms with Gasteiger partial charge in [0, 0.05) is 5.92 Å². The molecule has 4 bridgehead atoms. The molecule has 5 unspecified atom stereocenters. The SMILES string of the molecule is O=C(O)c1ccccc1[O-].O=C1OC2CC3CC1CC(C3)C2OC(=O)C(F)(F)S(=O)(=O)[O-].c1ccc([S+](c2ccccc2)c2ccccc2)cc1.c1ccc([S+](c2ccccc2)c2ccccc2)cc1. The summed E-state index contributed by atoms with van der Waals surface area (Å²) in [6.07, 6.45) is -0.00993. The molecule has 360 valence electrons. The molecule has 4 fully saturated rings. The molecule has 0 spiro atoms. The minimum absolute atomic E-state index is 0.0146. The highest BCUT2D eigenvalue weighted by molar-refractivity contribution is 7.97. The van der Waals surface area contributed by atoms with Crippen molar-refractivity contribution in [3.05, 3.63) is 212 Å². The van der Waals surface area contributed by atoms with E-state index in [0.29, 0.717) is 25.7 Å². The number of fused-ring (bicyclic) bond motifs is 1. The van der Waals surface area contributed by atoms with Crippen LogP contribution in [-0.2, 0) is 51.0 Å². The number of benzene rings is 7. The number of hydrogen-bond donors (Lipinski definition) is 1. The van der Waals surface area contributed by atoms with Crippen LogP contribution in [-0.4, -0.2) is 53.4 Å². The van der Waals surface area contributed by atoms with Crippen LogP contribution in [0.2, 0.25) is 0 Å². The maximum Gasteiger partial charge on any atom is 0.428 e. The number of esters is 2. The number of rotatable bonds is 10. The van der Waals surface area contributed by atoms with Gasteiger partial charge in [-0.2, -0.15) is 8.78 Å². The molecule has 2 saturated heterocycles. The van der Waals surface area contributed by atoms with Gasteiger partial charge in [-0.25, -0.2) is 18.0 Å². The van der Waals surface area contributed by atoms with Crippen molar-refractivity contribution in [2.45, 2.75) is 72.5 Å². The first kappa shape index (κ1) is 51.1. The van der Waals surface area contributed by atoms with Crippen molar-refractivity contribution in [2.24, 2.45) is 17.8 Å². The van der Waals surface area contributed by atoms with Crippen LogP contribution in [0.25, 0.3) is 0 Å². The molecule has 5 atom stereocenters. The van der Waals surface area contributed by atoms with Crippen molar-refractivity contribution in [3.8, 4) is 5.75 Å². The van der Waals surface area contributed by atoms with Gasteiger partial charge in [-0.1, -0.05) is 133 Å². The van der Waals surface area contributed by atoms with E-state index in [4.69, 9.17) is 9.84 Å². The van der Waals surface area contributed by atoms with Crippen molar-refractivity contribution in [3.63, 3.8) is 0 Å². The van der Waals surface area contributed by atoms with E-state index in [0.717, 1.165) is 0 Å². The van der Waals surface area contributed by atoms with Gasteiger partial charge < -0.3 is 24.2 Å². The summed E-state index contributed by atoms with van der Waals surface area (Å²) in [6.45, 7) is 0. The summed E-state index contributed by atoms with van der Waals surface area (Å²) < 4.78 is 67.6. The summed E-state index contributed by atoms with van der Waals surface area (Å²) in [6, 6.07) is 69.8. The van der Waals surface area contributed by atoms with Gasteiger partial charge in [0.05, 0.1) is 33.3 Å². The third-order valence-corrected chi connectivity index (χ3v) is 16.9. The summed E-state index contributed by atoms with van der Waals surface area (Å²) in [7, 11) is -6.19. The first-order valence-electron chi connectivity index (χ1n) is 22.2. The van der Waals surface area contributed by atoms with Crippen LogP contribution >= 0.6 is 0 Å². The summed E-state index contributed by atoms with van der Waals surface area (Å²) >= 11 is 0. The highest BCUT2D eigenvalue weighted by Crippen LogP contribution is 2.48. The number of carboxylic acid groups (broad SMARTS) is 1.